The summed E-state index contributed by atoms with van der Waals surface area (Å²) < 4.78 is 17.8. The van der Waals surface area contributed by atoms with E-state index in [1.165, 1.54) is 0 Å². The molecule has 0 heterocycles. The molecule has 0 N–H and O–H groups in total. The second-order valence-corrected chi connectivity index (χ2v) is 4.74. The van der Waals surface area contributed by atoms with Crippen LogP contribution in [0, 0.1) is 17.3 Å². The highest BCUT2D eigenvalue weighted by molar-refractivity contribution is 6.64. The van der Waals surface area contributed by atoms with Crippen molar-refractivity contribution in [3.05, 3.63) is 11.9 Å². The number of hydrogen-bond donors (Lipinski definition) is 0. The van der Waals surface area contributed by atoms with Crippen molar-refractivity contribution in [2.45, 2.75) is 20.8 Å². The smallest absolute Gasteiger partial charge is 0.366 e. The van der Waals surface area contributed by atoms with Crippen molar-refractivity contribution >= 4 is 22.8 Å². The van der Waals surface area contributed by atoms with Gasteiger partial charge in [-0.25, -0.2) is 4.79 Å². The van der Waals surface area contributed by atoms with Crippen molar-refractivity contribution in [2.75, 3.05) is 6.61 Å². The van der Waals surface area contributed by atoms with Gasteiger partial charge in [-0.3, -0.25) is 4.79 Å². The zero-order chi connectivity index (χ0) is 12.5. The molecule has 16 heavy (non-hydrogen) atoms. The molecule has 0 unspecified atom stereocenters. The van der Waals surface area contributed by atoms with E-state index in [4.69, 9.17) is 11.6 Å². The van der Waals surface area contributed by atoms with Crippen molar-refractivity contribution in [1.29, 1.82) is 0 Å². The summed E-state index contributed by atoms with van der Waals surface area (Å²) in [4.78, 5) is 22.0. The number of ether oxygens (including phenoxy) is 1. The summed E-state index contributed by atoms with van der Waals surface area (Å²) in [7, 11) is 0. The largest absolute Gasteiger partial charge is 0.461 e. The van der Waals surface area contributed by atoms with Gasteiger partial charge in [-0.05, 0) is 35.9 Å². The van der Waals surface area contributed by atoms with Gasteiger partial charge < -0.3 is 4.74 Å². The van der Waals surface area contributed by atoms with Crippen molar-refractivity contribution < 1.29 is 18.7 Å². The summed E-state index contributed by atoms with van der Waals surface area (Å²) >= 11 is 5.37. The summed E-state index contributed by atoms with van der Waals surface area (Å²) in [6.07, 6.45) is 1.13. The van der Waals surface area contributed by atoms with Crippen LogP contribution in [0.4, 0.5) is 4.39 Å². The molecular weight excluding hydrogens is 235 g/mol. The van der Waals surface area contributed by atoms with Crippen molar-refractivity contribution in [2.24, 2.45) is 17.3 Å². The Balaban J connectivity index is 2.72. The third kappa shape index (κ3) is 2.43. The predicted octanol–water partition coefficient (Wildman–Crippen LogP) is 2.44. The Morgan fingerprint density at radius 1 is 1.50 bits per heavy atom. The van der Waals surface area contributed by atoms with E-state index in [0.29, 0.717) is 0 Å². The second kappa shape index (κ2) is 4.53. The fraction of sp³-hybridized carbons (Fsp3) is 0.636. The maximum absolute atomic E-state index is 13.3. The minimum absolute atomic E-state index is 0.117. The zero-order valence-corrected chi connectivity index (χ0v) is 10.2. The van der Waals surface area contributed by atoms with Crippen LogP contribution in [-0.2, 0) is 14.3 Å². The first-order valence-electron chi connectivity index (χ1n) is 5.06. The van der Waals surface area contributed by atoms with Gasteiger partial charge in [-0.2, -0.15) is 4.39 Å². The summed E-state index contributed by atoms with van der Waals surface area (Å²) in [5.74, 6) is -2.71. The normalized spacial score (nSPS) is 27.4. The molecule has 1 saturated carbocycles. The van der Waals surface area contributed by atoms with E-state index in [1.54, 1.807) is 20.8 Å². The quantitative estimate of drug-likeness (QED) is 0.436. The molecule has 0 amide bonds. The van der Waals surface area contributed by atoms with Crippen LogP contribution in [0.1, 0.15) is 20.8 Å². The van der Waals surface area contributed by atoms with Crippen LogP contribution in [-0.4, -0.2) is 17.8 Å². The molecule has 3 nitrogen and oxygen atoms in total. The molecule has 2 atom stereocenters. The molecule has 0 aromatic rings. The van der Waals surface area contributed by atoms with Crippen molar-refractivity contribution in [1.82, 2.24) is 0 Å². The molecule has 0 radical (unpaired) electrons. The molecule has 0 saturated heterocycles. The van der Waals surface area contributed by atoms with E-state index in [0.717, 1.165) is 6.08 Å². The summed E-state index contributed by atoms with van der Waals surface area (Å²) in [6, 6.07) is 0. The average molecular weight is 249 g/mol. The Kier molecular flexibility index (Phi) is 3.73. The molecule has 1 fully saturated rings. The summed E-state index contributed by atoms with van der Waals surface area (Å²) in [5.41, 5.74) is -0.386. The SMILES string of the molecule is CCOC(=O)/C(F)=C\[C@H]1[C@@H](C(=O)Cl)C1(C)C. The van der Waals surface area contributed by atoms with E-state index >= 15 is 0 Å². The van der Waals surface area contributed by atoms with Gasteiger partial charge in [0.2, 0.25) is 11.1 Å². The fourth-order valence-corrected chi connectivity index (χ4v) is 2.26. The van der Waals surface area contributed by atoms with Crippen molar-refractivity contribution in [3.8, 4) is 0 Å². The summed E-state index contributed by atoms with van der Waals surface area (Å²) in [6.45, 7) is 5.32. The van der Waals surface area contributed by atoms with E-state index in [1.807, 2.05) is 0 Å². The third-order valence-electron chi connectivity index (χ3n) is 2.95. The van der Waals surface area contributed by atoms with Gasteiger partial charge in [0.25, 0.3) is 0 Å². The first-order valence-corrected chi connectivity index (χ1v) is 5.44. The maximum atomic E-state index is 13.3. The summed E-state index contributed by atoms with van der Waals surface area (Å²) in [5, 5.41) is -0.497. The Morgan fingerprint density at radius 3 is 2.44 bits per heavy atom. The molecule has 90 valence electrons. The Labute approximate surface area is 98.6 Å². The Morgan fingerprint density at radius 2 is 2.06 bits per heavy atom. The zero-order valence-electron chi connectivity index (χ0n) is 9.42. The topological polar surface area (TPSA) is 43.4 Å². The lowest BCUT2D eigenvalue weighted by molar-refractivity contribution is -0.140. The van der Waals surface area contributed by atoms with E-state index in [9.17, 15) is 14.0 Å². The fourth-order valence-electron chi connectivity index (χ4n) is 1.85. The van der Waals surface area contributed by atoms with E-state index < -0.39 is 23.0 Å². The second-order valence-electron chi connectivity index (χ2n) is 4.36. The number of rotatable bonds is 4. The molecule has 1 aliphatic rings. The van der Waals surface area contributed by atoms with Crippen molar-refractivity contribution in [3.63, 3.8) is 0 Å². The number of halogens is 2. The number of carbonyl (C=O) groups excluding carboxylic acids is 2. The first-order chi connectivity index (χ1) is 7.32. The van der Waals surface area contributed by atoms with Gasteiger partial charge in [-0.15, -0.1) is 0 Å². The van der Waals surface area contributed by atoms with Crippen LogP contribution in [0.3, 0.4) is 0 Å². The highest BCUT2D eigenvalue weighted by Gasteiger charge is 2.60. The lowest BCUT2D eigenvalue weighted by Crippen LogP contribution is -2.05. The van der Waals surface area contributed by atoms with Crippen LogP contribution in [0.25, 0.3) is 0 Å². The Hall–Kier alpha value is -0.900. The highest BCUT2D eigenvalue weighted by Crippen LogP contribution is 2.60. The number of allylic oxidation sites excluding steroid dienone is 1. The van der Waals surface area contributed by atoms with E-state index in [-0.39, 0.29) is 17.9 Å². The molecule has 0 spiro atoms. The van der Waals surface area contributed by atoms with Gasteiger partial charge in [0.05, 0.1) is 6.61 Å². The highest BCUT2D eigenvalue weighted by atomic mass is 35.5. The molecule has 1 aliphatic carbocycles. The molecule has 0 aromatic heterocycles. The number of esters is 1. The van der Waals surface area contributed by atoms with Gasteiger partial charge in [0, 0.05) is 5.92 Å². The number of carbonyl (C=O) groups is 2. The minimum atomic E-state index is -0.994. The number of hydrogen-bond acceptors (Lipinski definition) is 3. The van der Waals surface area contributed by atoms with Gasteiger partial charge in [0.1, 0.15) is 0 Å². The molecule has 5 heteroatoms. The molecule has 0 aliphatic heterocycles. The predicted molar refractivity (Wildman–Crippen MR) is 57.4 cm³/mol. The minimum Gasteiger partial charge on any atom is -0.461 e. The van der Waals surface area contributed by atoms with Gasteiger partial charge in [0.15, 0.2) is 0 Å². The van der Waals surface area contributed by atoms with Crippen LogP contribution in [0.5, 0.6) is 0 Å². The molecule has 0 aromatic carbocycles. The van der Waals surface area contributed by atoms with Gasteiger partial charge >= 0.3 is 5.97 Å². The van der Waals surface area contributed by atoms with Crippen LogP contribution < -0.4 is 0 Å². The van der Waals surface area contributed by atoms with Gasteiger partial charge in [-0.1, -0.05) is 13.8 Å². The monoisotopic (exact) mass is 248 g/mol. The lowest BCUT2D eigenvalue weighted by atomic mass is 10.1. The Bertz CT molecular complexity index is 349. The first kappa shape index (κ1) is 13.2. The third-order valence-corrected chi connectivity index (χ3v) is 3.19. The van der Waals surface area contributed by atoms with Crippen LogP contribution in [0.15, 0.2) is 11.9 Å². The maximum Gasteiger partial charge on any atom is 0.366 e. The van der Waals surface area contributed by atoms with Crippen LogP contribution in [0.2, 0.25) is 0 Å². The average Bonchev–Trinajstić information content (AvgIpc) is 2.68. The van der Waals surface area contributed by atoms with Crippen LogP contribution >= 0.6 is 11.6 Å². The molecular formula is C11H14ClFO3. The lowest BCUT2D eigenvalue weighted by Gasteiger charge is -1.99. The molecule has 1 rings (SSSR count). The standard InChI is InChI=1S/C11H14ClFO3/c1-4-16-10(15)7(13)5-6-8(9(12)14)11(6,2)3/h5-6,8H,4H2,1-3H3/b7-5+/t6-,8-/m0/s1. The molecule has 0 bridgehead atoms. The van der Waals surface area contributed by atoms with E-state index in [2.05, 4.69) is 4.74 Å².